The van der Waals surface area contributed by atoms with Gasteiger partial charge < -0.3 is 15.4 Å². The molecule has 0 bridgehead atoms. The molecule has 0 aliphatic rings. The lowest BCUT2D eigenvalue weighted by molar-refractivity contribution is 0.485. The van der Waals surface area contributed by atoms with Gasteiger partial charge in [-0.15, -0.1) is 0 Å². The van der Waals surface area contributed by atoms with Crippen LogP contribution in [0.3, 0.4) is 0 Å². The average molecular weight is 327 g/mol. The van der Waals surface area contributed by atoms with Crippen LogP contribution in [0.5, 0.6) is 11.5 Å². The zero-order valence-corrected chi connectivity index (χ0v) is 12.9. The Morgan fingerprint density at radius 2 is 1.70 bits per heavy atom. The van der Waals surface area contributed by atoms with Gasteiger partial charge in [0, 0.05) is 17.1 Å². The second kappa shape index (κ2) is 6.79. The Morgan fingerprint density at radius 3 is 2.35 bits per heavy atom. The third kappa shape index (κ3) is 4.00. The SMILES string of the molecule is CNC(=S)Nc1cc(Cl)ccc1Oc1ccc(Cl)cc1. The maximum Gasteiger partial charge on any atom is 0.170 e. The predicted octanol–water partition coefficient (Wildman–Crippen LogP) is 4.70. The van der Waals surface area contributed by atoms with Gasteiger partial charge in [0.05, 0.1) is 5.69 Å². The van der Waals surface area contributed by atoms with Gasteiger partial charge in [-0.1, -0.05) is 23.2 Å². The molecular weight excluding hydrogens is 315 g/mol. The normalized spacial score (nSPS) is 9.95. The van der Waals surface area contributed by atoms with Crippen molar-refractivity contribution in [1.29, 1.82) is 0 Å². The van der Waals surface area contributed by atoms with E-state index in [1.807, 2.05) is 0 Å². The topological polar surface area (TPSA) is 33.3 Å². The van der Waals surface area contributed by atoms with Crippen molar-refractivity contribution in [2.75, 3.05) is 12.4 Å². The summed E-state index contributed by atoms with van der Waals surface area (Å²) >= 11 is 16.9. The van der Waals surface area contributed by atoms with Crippen LogP contribution in [0, 0.1) is 0 Å². The van der Waals surface area contributed by atoms with E-state index in [9.17, 15) is 0 Å². The molecule has 0 atom stereocenters. The summed E-state index contributed by atoms with van der Waals surface area (Å²) in [4.78, 5) is 0. The standard InChI is InChI=1S/C14H12Cl2N2OS/c1-17-14(20)18-12-8-10(16)4-7-13(12)19-11-5-2-9(15)3-6-11/h2-8H,1H3,(H2,17,18,20). The molecule has 0 radical (unpaired) electrons. The molecular formula is C14H12Cl2N2OS. The molecule has 0 aliphatic carbocycles. The summed E-state index contributed by atoms with van der Waals surface area (Å²) in [6.45, 7) is 0. The summed E-state index contributed by atoms with van der Waals surface area (Å²) in [6.07, 6.45) is 0. The maximum atomic E-state index is 5.99. The number of anilines is 1. The van der Waals surface area contributed by atoms with E-state index in [4.69, 9.17) is 40.2 Å². The minimum atomic E-state index is 0.480. The molecule has 2 aromatic rings. The Labute approximate surface area is 132 Å². The third-order valence-electron chi connectivity index (χ3n) is 2.46. The van der Waals surface area contributed by atoms with Crippen LogP contribution in [0.4, 0.5) is 5.69 Å². The van der Waals surface area contributed by atoms with Crippen LogP contribution >= 0.6 is 35.4 Å². The summed E-state index contributed by atoms with van der Waals surface area (Å²) < 4.78 is 5.80. The van der Waals surface area contributed by atoms with Gasteiger partial charge in [-0.2, -0.15) is 0 Å². The van der Waals surface area contributed by atoms with Crippen molar-refractivity contribution in [2.24, 2.45) is 0 Å². The van der Waals surface area contributed by atoms with Crippen LogP contribution in [0.2, 0.25) is 10.0 Å². The zero-order valence-electron chi connectivity index (χ0n) is 10.6. The molecule has 0 fully saturated rings. The molecule has 0 amide bonds. The second-order valence-electron chi connectivity index (χ2n) is 3.90. The molecule has 0 spiro atoms. The summed E-state index contributed by atoms with van der Waals surface area (Å²) in [7, 11) is 1.74. The Hall–Kier alpha value is -1.49. The fourth-order valence-corrected chi connectivity index (χ4v) is 1.91. The van der Waals surface area contributed by atoms with E-state index in [0.717, 1.165) is 0 Å². The minimum Gasteiger partial charge on any atom is -0.455 e. The fraction of sp³-hybridized carbons (Fsp3) is 0.0714. The second-order valence-corrected chi connectivity index (χ2v) is 5.18. The summed E-state index contributed by atoms with van der Waals surface area (Å²) in [6, 6.07) is 12.4. The lowest BCUT2D eigenvalue weighted by Crippen LogP contribution is -2.24. The number of rotatable bonds is 3. The molecule has 0 saturated heterocycles. The molecule has 0 aromatic heterocycles. The van der Waals surface area contributed by atoms with Gasteiger partial charge in [0.25, 0.3) is 0 Å². The number of ether oxygens (including phenoxy) is 1. The van der Waals surface area contributed by atoms with Crippen molar-refractivity contribution in [3.05, 3.63) is 52.5 Å². The number of hydrogen-bond donors (Lipinski definition) is 2. The number of nitrogens with one attached hydrogen (secondary N) is 2. The van der Waals surface area contributed by atoms with E-state index in [2.05, 4.69) is 10.6 Å². The van der Waals surface area contributed by atoms with E-state index in [0.29, 0.717) is 32.3 Å². The highest BCUT2D eigenvalue weighted by Crippen LogP contribution is 2.32. The molecule has 3 nitrogen and oxygen atoms in total. The highest BCUT2D eigenvalue weighted by molar-refractivity contribution is 7.80. The molecule has 2 rings (SSSR count). The first-order valence-electron chi connectivity index (χ1n) is 5.80. The van der Waals surface area contributed by atoms with Crippen molar-refractivity contribution >= 4 is 46.2 Å². The molecule has 0 aliphatic heterocycles. The van der Waals surface area contributed by atoms with Gasteiger partial charge in [-0.3, -0.25) is 0 Å². The van der Waals surface area contributed by atoms with Crippen molar-refractivity contribution in [3.63, 3.8) is 0 Å². The van der Waals surface area contributed by atoms with Crippen LogP contribution in [-0.2, 0) is 0 Å². The van der Waals surface area contributed by atoms with E-state index in [-0.39, 0.29) is 0 Å². The summed E-state index contributed by atoms with van der Waals surface area (Å²) in [5, 5.41) is 7.58. The molecule has 2 N–H and O–H groups in total. The third-order valence-corrected chi connectivity index (χ3v) is 3.25. The monoisotopic (exact) mass is 326 g/mol. The van der Waals surface area contributed by atoms with E-state index in [1.165, 1.54) is 0 Å². The van der Waals surface area contributed by atoms with Crippen LogP contribution < -0.4 is 15.4 Å². The smallest absolute Gasteiger partial charge is 0.170 e. The van der Waals surface area contributed by atoms with Gasteiger partial charge in [0.2, 0.25) is 0 Å². The number of benzene rings is 2. The van der Waals surface area contributed by atoms with Gasteiger partial charge in [-0.25, -0.2) is 0 Å². The summed E-state index contributed by atoms with van der Waals surface area (Å²) in [5.74, 6) is 1.30. The molecule has 0 unspecified atom stereocenters. The largest absolute Gasteiger partial charge is 0.455 e. The lowest BCUT2D eigenvalue weighted by atomic mass is 10.3. The minimum absolute atomic E-state index is 0.480. The Balaban J connectivity index is 2.26. The zero-order chi connectivity index (χ0) is 14.5. The first-order chi connectivity index (χ1) is 9.58. The molecule has 2 aromatic carbocycles. The number of hydrogen-bond acceptors (Lipinski definition) is 2. The van der Waals surface area contributed by atoms with E-state index in [1.54, 1.807) is 49.5 Å². The van der Waals surface area contributed by atoms with Gasteiger partial charge >= 0.3 is 0 Å². The van der Waals surface area contributed by atoms with E-state index < -0.39 is 0 Å². The van der Waals surface area contributed by atoms with Gasteiger partial charge in [0.1, 0.15) is 5.75 Å². The first-order valence-corrected chi connectivity index (χ1v) is 6.96. The maximum absolute atomic E-state index is 5.99. The highest BCUT2D eigenvalue weighted by atomic mass is 35.5. The highest BCUT2D eigenvalue weighted by Gasteiger charge is 2.07. The van der Waals surface area contributed by atoms with Crippen molar-refractivity contribution in [2.45, 2.75) is 0 Å². The van der Waals surface area contributed by atoms with Gasteiger partial charge in [-0.05, 0) is 54.7 Å². The predicted molar refractivity (Wildman–Crippen MR) is 88.3 cm³/mol. The quantitative estimate of drug-likeness (QED) is 0.801. The van der Waals surface area contributed by atoms with Crippen molar-refractivity contribution in [1.82, 2.24) is 5.32 Å². The molecule has 104 valence electrons. The molecule has 0 saturated carbocycles. The summed E-state index contributed by atoms with van der Waals surface area (Å²) in [5.41, 5.74) is 0.687. The number of thiocarbonyl (C=S) groups is 1. The fourth-order valence-electron chi connectivity index (χ4n) is 1.50. The number of halogens is 2. The molecule has 0 heterocycles. The van der Waals surface area contributed by atoms with E-state index >= 15 is 0 Å². The molecule has 6 heteroatoms. The van der Waals surface area contributed by atoms with Crippen molar-refractivity contribution in [3.8, 4) is 11.5 Å². The van der Waals surface area contributed by atoms with Crippen LogP contribution in [0.25, 0.3) is 0 Å². The average Bonchev–Trinajstić information content (AvgIpc) is 2.44. The Morgan fingerprint density at radius 1 is 1.05 bits per heavy atom. The molecule has 20 heavy (non-hydrogen) atoms. The van der Waals surface area contributed by atoms with Crippen LogP contribution in [-0.4, -0.2) is 12.2 Å². The van der Waals surface area contributed by atoms with Crippen LogP contribution in [0.15, 0.2) is 42.5 Å². The van der Waals surface area contributed by atoms with Crippen molar-refractivity contribution < 1.29 is 4.74 Å². The Bertz CT molecular complexity index is 617. The van der Waals surface area contributed by atoms with Gasteiger partial charge in [0.15, 0.2) is 10.9 Å². The lowest BCUT2D eigenvalue weighted by Gasteiger charge is -2.13. The first kappa shape index (κ1) is 14.9. The van der Waals surface area contributed by atoms with Crippen LogP contribution in [0.1, 0.15) is 0 Å². The Kier molecular flexibility index (Phi) is 5.06.